The third kappa shape index (κ3) is 6.94. The molecule has 0 fully saturated rings. The summed E-state index contributed by atoms with van der Waals surface area (Å²) in [4.78, 5) is 24.7. The fourth-order valence-electron chi connectivity index (χ4n) is 2.14. The lowest BCUT2D eigenvalue weighted by molar-refractivity contribution is -0.125. The molecule has 0 saturated carbocycles. The van der Waals surface area contributed by atoms with Crippen LogP contribution in [-0.4, -0.2) is 29.7 Å². The van der Waals surface area contributed by atoms with Gasteiger partial charge in [0.05, 0.1) is 0 Å². The van der Waals surface area contributed by atoms with Crippen LogP contribution in [0.5, 0.6) is 0 Å². The Morgan fingerprint density at radius 2 is 1.79 bits per heavy atom. The Morgan fingerprint density at radius 1 is 1.11 bits per heavy atom. The molecular formula is C16H27NO2. The molecule has 0 aliphatic rings. The number of amides is 1. The van der Waals surface area contributed by atoms with Crippen LogP contribution in [0.15, 0.2) is 25.3 Å². The van der Waals surface area contributed by atoms with Crippen LogP contribution in [0.3, 0.4) is 0 Å². The van der Waals surface area contributed by atoms with Gasteiger partial charge < -0.3 is 4.90 Å². The first-order valence-electron chi connectivity index (χ1n) is 7.18. The Kier molecular flexibility index (Phi) is 9.77. The molecule has 0 aliphatic carbocycles. The number of hydrogen-bond acceptors (Lipinski definition) is 2. The Bertz CT molecular complexity index is 280. The minimum absolute atomic E-state index is 0.00392. The summed E-state index contributed by atoms with van der Waals surface area (Å²) in [5.74, 6) is 0.268. The summed E-state index contributed by atoms with van der Waals surface area (Å²) in [6.07, 6.45) is 7.63. The lowest BCUT2D eigenvalue weighted by Gasteiger charge is -2.19. The molecule has 0 aliphatic heterocycles. The molecule has 1 amide bonds. The normalized spacial score (nSPS) is 11.7. The Balaban J connectivity index is 3.85. The molecule has 0 rings (SSSR count). The molecule has 3 nitrogen and oxygen atoms in total. The van der Waals surface area contributed by atoms with Crippen molar-refractivity contribution in [2.24, 2.45) is 5.92 Å². The highest BCUT2D eigenvalue weighted by Gasteiger charge is 2.12. The molecule has 0 radical (unpaired) electrons. The summed E-state index contributed by atoms with van der Waals surface area (Å²) in [6.45, 7) is 12.5. The van der Waals surface area contributed by atoms with Gasteiger partial charge in [0.25, 0.3) is 0 Å². The highest BCUT2D eigenvalue weighted by atomic mass is 16.2. The smallest absolute Gasteiger partial charge is 0.245 e. The number of ketones is 1. The monoisotopic (exact) mass is 265 g/mol. The zero-order chi connectivity index (χ0) is 14.7. The van der Waals surface area contributed by atoms with Crippen molar-refractivity contribution < 1.29 is 9.59 Å². The molecular weight excluding hydrogens is 238 g/mol. The summed E-state index contributed by atoms with van der Waals surface area (Å²) < 4.78 is 0. The van der Waals surface area contributed by atoms with Gasteiger partial charge >= 0.3 is 0 Å². The first-order chi connectivity index (χ1) is 9.10. The van der Waals surface area contributed by atoms with Crippen molar-refractivity contribution in [3.05, 3.63) is 25.3 Å². The van der Waals surface area contributed by atoms with E-state index in [9.17, 15) is 9.59 Å². The average Bonchev–Trinajstić information content (AvgIpc) is 2.45. The van der Waals surface area contributed by atoms with E-state index in [4.69, 9.17) is 0 Å². The van der Waals surface area contributed by atoms with Crippen molar-refractivity contribution in [3.63, 3.8) is 0 Å². The molecule has 0 saturated heterocycles. The van der Waals surface area contributed by atoms with Crippen molar-refractivity contribution >= 4 is 11.7 Å². The Morgan fingerprint density at radius 3 is 2.26 bits per heavy atom. The second-order valence-electron chi connectivity index (χ2n) is 4.68. The van der Waals surface area contributed by atoms with E-state index in [0.29, 0.717) is 0 Å². The van der Waals surface area contributed by atoms with Crippen molar-refractivity contribution in [1.82, 2.24) is 4.90 Å². The summed E-state index contributed by atoms with van der Waals surface area (Å²) in [7, 11) is 0. The Labute approximate surface area is 117 Å². The number of likely N-dealkylation sites (N-methyl/N-ethyl adjacent to an activating group) is 1. The topological polar surface area (TPSA) is 37.4 Å². The van der Waals surface area contributed by atoms with Crippen LogP contribution >= 0.6 is 0 Å². The van der Waals surface area contributed by atoms with Crippen LogP contribution in [0.25, 0.3) is 0 Å². The maximum absolute atomic E-state index is 11.5. The zero-order valence-corrected chi connectivity index (χ0v) is 12.4. The number of carbonyl (C=O) groups excluding carboxylic acids is 2. The third-order valence-corrected chi connectivity index (χ3v) is 3.44. The first kappa shape index (κ1) is 17.6. The number of nitrogens with zero attached hydrogens (tertiary/aromatic N) is 1. The molecule has 0 unspecified atom stereocenters. The fourth-order valence-corrected chi connectivity index (χ4v) is 2.14. The van der Waals surface area contributed by atoms with Gasteiger partial charge in [0, 0.05) is 19.0 Å². The van der Waals surface area contributed by atoms with E-state index < -0.39 is 0 Å². The molecule has 0 N–H and O–H groups in total. The molecule has 0 aromatic heterocycles. The Hall–Kier alpha value is -1.38. The second kappa shape index (κ2) is 10.5. The summed E-state index contributed by atoms with van der Waals surface area (Å²) in [5.41, 5.74) is 0. The SMILES string of the molecule is C=CC(=O)[C@H](CC)CCCCCN(CC)C(=O)C=C. The van der Waals surface area contributed by atoms with Gasteiger partial charge in [-0.05, 0) is 38.3 Å². The first-order valence-corrected chi connectivity index (χ1v) is 7.18. The zero-order valence-electron chi connectivity index (χ0n) is 12.4. The highest BCUT2D eigenvalue weighted by Crippen LogP contribution is 2.15. The minimum Gasteiger partial charge on any atom is -0.339 e. The quantitative estimate of drug-likeness (QED) is 0.424. The predicted molar refractivity (Wildman–Crippen MR) is 79.9 cm³/mol. The standard InChI is InChI=1S/C16H27NO2/c1-5-14(15(18)6-2)12-10-9-11-13-17(8-4)16(19)7-3/h6-7,14H,2-3,5,8-13H2,1,4H3/t14-/m1/s1. The van der Waals surface area contributed by atoms with E-state index in [0.717, 1.165) is 45.2 Å². The maximum Gasteiger partial charge on any atom is 0.245 e. The van der Waals surface area contributed by atoms with Crippen molar-refractivity contribution in [2.45, 2.75) is 46.0 Å². The van der Waals surface area contributed by atoms with Crippen LogP contribution in [0.2, 0.25) is 0 Å². The lowest BCUT2D eigenvalue weighted by atomic mass is 9.94. The van der Waals surface area contributed by atoms with Crippen LogP contribution in [0.4, 0.5) is 0 Å². The van der Waals surface area contributed by atoms with E-state index in [1.54, 1.807) is 4.90 Å². The van der Waals surface area contributed by atoms with Crippen LogP contribution in [0.1, 0.15) is 46.0 Å². The average molecular weight is 265 g/mol. The van der Waals surface area contributed by atoms with Crippen molar-refractivity contribution in [2.75, 3.05) is 13.1 Å². The van der Waals surface area contributed by atoms with Gasteiger partial charge in [0.15, 0.2) is 5.78 Å². The van der Waals surface area contributed by atoms with E-state index in [-0.39, 0.29) is 17.6 Å². The molecule has 3 heteroatoms. The minimum atomic E-state index is -0.00392. The van der Waals surface area contributed by atoms with Gasteiger partial charge in [-0.2, -0.15) is 0 Å². The van der Waals surface area contributed by atoms with E-state index >= 15 is 0 Å². The van der Waals surface area contributed by atoms with E-state index in [2.05, 4.69) is 13.2 Å². The number of allylic oxidation sites excluding steroid dienone is 1. The summed E-state index contributed by atoms with van der Waals surface area (Å²) in [6, 6.07) is 0. The van der Waals surface area contributed by atoms with Gasteiger partial charge in [0.2, 0.25) is 5.91 Å². The van der Waals surface area contributed by atoms with Crippen LogP contribution in [0, 0.1) is 5.92 Å². The van der Waals surface area contributed by atoms with Crippen molar-refractivity contribution in [1.29, 1.82) is 0 Å². The maximum atomic E-state index is 11.5. The van der Waals surface area contributed by atoms with Gasteiger partial charge in [-0.25, -0.2) is 0 Å². The number of hydrogen-bond donors (Lipinski definition) is 0. The fraction of sp³-hybridized carbons (Fsp3) is 0.625. The molecule has 0 aromatic rings. The molecule has 108 valence electrons. The van der Waals surface area contributed by atoms with Gasteiger partial charge in [-0.1, -0.05) is 32.9 Å². The van der Waals surface area contributed by atoms with Gasteiger partial charge in [0.1, 0.15) is 0 Å². The van der Waals surface area contributed by atoms with Crippen molar-refractivity contribution in [3.8, 4) is 0 Å². The summed E-state index contributed by atoms with van der Waals surface area (Å²) >= 11 is 0. The number of rotatable bonds is 11. The number of unbranched alkanes of at least 4 members (excludes halogenated alkanes) is 2. The molecule has 19 heavy (non-hydrogen) atoms. The summed E-state index contributed by atoms with van der Waals surface area (Å²) in [5, 5.41) is 0. The molecule has 0 aromatic carbocycles. The largest absolute Gasteiger partial charge is 0.339 e. The van der Waals surface area contributed by atoms with Crippen LogP contribution in [-0.2, 0) is 9.59 Å². The third-order valence-electron chi connectivity index (χ3n) is 3.44. The second-order valence-corrected chi connectivity index (χ2v) is 4.68. The van der Waals surface area contributed by atoms with Gasteiger partial charge in [-0.15, -0.1) is 0 Å². The molecule has 0 spiro atoms. The molecule has 1 atom stereocenters. The van der Waals surface area contributed by atoms with Crippen LogP contribution < -0.4 is 0 Å². The molecule has 0 bridgehead atoms. The van der Waals surface area contributed by atoms with Gasteiger partial charge in [-0.3, -0.25) is 9.59 Å². The lowest BCUT2D eigenvalue weighted by Crippen LogP contribution is -2.30. The van der Waals surface area contributed by atoms with E-state index in [1.807, 2.05) is 13.8 Å². The highest BCUT2D eigenvalue weighted by molar-refractivity contribution is 5.91. The predicted octanol–water partition coefficient (Wildman–Crippen LogP) is 3.36. The molecule has 0 heterocycles. The number of carbonyl (C=O) groups is 2. The van der Waals surface area contributed by atoms with E-state index in [1.165, 1.54) is 12.2 Å².